The summed E-state index contributed by atoms with van der Waals surface area (Å²) in [7, 11) is 1.62. The summed E-state index contributed by atoms with van der Waals surface area (Å²) in [6.07, 6.45) is 12.0. The lowest BCUT2D eigenvalue weighted by Gasteiger charge is -2.42. The number of aromatic nitrogens is 1. The number of benzene rings is 2. The molecule has 1 atom stereocenters. The van der Waals surface area contributed by atoms with E-state index in [-0.39, 0.29) is 41.8 Å². The van der Waals surface area contributed by atoms with Crippen molar-refractivity contribution in [1.82, 2.24) is 25.1 Å². The van der Waals surface area contributed by atoms with Gasteiger partial charge in [0.05, 0.1) is 35.9 Å². The van der Waals surface area contributed by atoms with Crippen LogP contribution in [0.2, 0.25) is 0 Å². The Morgan fingerprint density at radius 1 is 1.00 bits per heavy atom. The number of hydrazine groups is 1. The van der Waals surface area contributed by atoms with Gasteiger partial charge in [0.15, 0.2) is 0 Å². The second-order valence-electron chi connectivity index (χ2n) is 14.0. The minimum absolute atomic E-state index is 0.0482. The molecule has 0 spiro atoms. The van der Waals surface area contributed by atoms with Gasteiger partial charge in [0.1, 0.15) is 42.1 Å². The number of fused-ring (bicyclic) bond motifs is 2. The number of nitrogens with zero attached hydrogens (tertiary/aromatic N) is 4. The van der Waals surface area contributed by atoms with Crippen molar-refractivity contribution >= 4 is 52.9 Å². The number of carbonyl (C=O) groups excluding carboxylic acids is 3. The first-order valence-corrected chi connectivity index (χ1v) is 19.6. The standard InChI is InChI=1S/C40H47N9O5.C2H6/c1-43-40(53)33(9-5-22-50)47-21-23-54-39-28(7-4-8-32(39)47)26-11-13-27(14-12-26)46-19-20-49(38(52)25-46)37(42)16-15-36(41)48-18-17-30-34(48)24-31(45-44-30)29-6-2-3-10-35(29)51;1-2/h2-4,6-8,10,15-18,22,24,26-27,33,41-42,44-45,51H,5,9,11-14,19-21,23,25H2,1H3,(H,43,53);1-2H3/b16-15-,41-36?,42-37?;. The van der Waals surface area contributed by atoms with Crippen molar-refractivity contribution in [1.29, 1.82) is 10.8 Å². The van der Waals surface area contributed by atoms with E-state index >= 15 is 0 Å². The van der Waals surface area contributed by atoms with E-state index in [1.54, 1.807) is 36.0 Å². The van der Waals surface area contributed by atoms with Crippen LogP contribution in [0.25, 0.3) is 11.8 Å². The minimum Gasteiger partial charge on any atom is -0.507 e. The molecule has 3 aliphatic heterocycles. The summed E-state index contributed by atoms with van der Waals surface area (Å²) in [5.74, 6) is 1.20. The molecule has 0 bridgehead atoms. The Bertz CT molecular complexity index is 2000. The van der Waals surface area contributed by atoms with Gasteiger partial charge in [-0.05, 0) is 86.1 Å². The fraction of sp³-hybridized carbons (Fsp3) is 0.405. The minimum atomic E-state index is -0.447. The van der Waals surface area contributed by atoms with E-state index in [0.717, 1.165) is 60.4 Å². The second-order valence-corrected chi connectivity index (χ2v) is 14.0. The van der Waals surface area contributed by atoms with Gasteiger partial charge < -0.3 is 34.8 Å². The molecule has 296 valence electrons. The molecule has 14 nitrogen and oxygen atoms in total. The van der Waals surface area contributed by atoms with Crippen LogP contribution in [0.1, 0.15) is 75.1 Å². The zero-order valence-electron chi connectivity index (χ0n) is 32.4. The second kappa shape index (κ2) is 18.2. The summed E-state index contributed by atoms with van der Waals surface area (Å²) in [5.41, 5.74) is 11.0. The largest absolute Gasteiger partial charge is 0.507 e. The van der Waals surface area contributed by atoms with Crippen molar-refractivity contribution in [3.05, 3.63) is 83.7 Å². The third kappa shape index (κ3) is 8.35. The topological polar surface area (TPSA) is 179 Å². The third-order valence-corrected chi connectivity index (χ3v) is 11.0. The fourth-order valence-electron chi connectivity index (χ4n) is 8.16. The van der Waals surface area contributed by atoms with E-state index in [9.17, 15) is 19.5 Å². The molecule has 14 heteroatoms. The van der Waals surface area contributed by atoms with E-state index in [1.165, 1.54) is 17.1 Å². The van der Waals surface area contributed by atoms with Crippen LogP contribution in [0.4, 0.5) is 11.4 Å². The summed E-state index contributed by atoms with van der Waals surface area (Å²) in [6, 6.07) is 14.8. The molecule has 3 aromatic rings. The number of para-hydroxylation sites is 2. The van der Waals surface area contributed by atoms with Gasteiger partial charge in [-0.1, -0.05) is 38.1 Å². The highest BCUT2D eigenvalue weighted by molar-refractivity contribution is 6.07. The number of phenols is 1. The average molecular weight is 764 g/mol. The van der Waals surface area contributed by atoms with E-state index < -0.39 is 6.04 Å². The lowest BCUT2D eigenvalue weighted by atomic mass is 9.80. The van der Waals surface area contributed by atoms with Gasteiger partial charge in [-0.15, -0.1) is 0 Å². The average Bonchev–Trinajstić information content (AvgIpc) is 3.67. The molecule has 2 fully saturated rings. The number of nitrogens with one attached hydrogen (secondary N) is 5. The van der Waals surface area contributed by atoms with Gasteiger partial charge in [0, 0.05) is 44.4 Å². The van der Waals surface area contributed by atoms with Crippen molar-refractivity contribution < 1.29 is 24.2 Å². The predicted octanol–water partition coefficient (Wildman–Crippen LogP) is 5.17. The summed E-state index contributed by atoms with van der Waals surface area (Å²) in [6.45, 7) is 6.35. The van der Waals surface area contributed by atoms with E-state index in [0.29, 0.717) is 56.3 Å². The molecular formula is C42H53N9O5. The fourth-order valence-corrected chi connectivity index (χ4v) is 8.16. The summed E-state index contributed by atoms with van der Waals surface area (Å²) < 4.78 is 7.92. The highest BCUT2D eigenvalue weighted by Crippen LogP contribution is 2.45. The summed E-state index contributed by atoms with van der Waals surface area (Å²) >= 11 is 0. The number of hydrogen-bond acceptors (Lipinski definition) is 11. The van der Waals surface area contributed by atoms with Gasteiger partial charge >= 0.3 is 0 Å². The van der Waals surface area contributed by atoms with Gasteiger partial charge in [-0.2, -0.15) is 0 Å². The molecule has 4 heterocycles. The number of likely N-dealkylation sites (N-methyl/N-ethyl adjacent to an activating group) is 1. The Hall–Kier alpha value is -5.89. The molecule has 56 heavy (non-hydrogen) atoms. The van der Waals surface area contributed by atoms with Crippen molar-refractivity contribution in [2.45, 2.75) is 70.4 Å². The lowest BCUT2D eigenvalue weighted by Crippen LogP contribution is -2.55. The molecule has 2 amide bonds. The van der Waals surface area contributed by atoms with Gasteiger partial charge in [-0.3, -0.25) is 35.6 Å². The van der Waals surface area contributed by atoms with Crippen LogP contribution < -0.4 is 25.8 Å². The number of allylic oxidation sites excluding steroid dienone is 1. The Morgan fingerprint density at radius 3 is 2.50 bits per heavy atom. The number of piperazine rings is 1. The molecule has 6 N–H and O–H groups in total. The maximum Gasteiger partial charge on any atom is 0.242 e. The van der Waals surface area contributed by atoms with Crippen LogP contribution in [-0.4, -0.2) is 101 Å². The molecule has 1 saturated heterocycles. The summed E-state index contributed by atoms with van der Waals surface area (Å²) in [5, 5.41) is 30.5. The first-order valence-electron chi connectivity index (χ1n) is 19.6. The molecule has 1 aromatic heterocycles. The van der Waals surface area contributed by atoms with Crippen LogP contribution >= 0.6 is 0 Å². The number of carbonyl (C=O) groups is 3. The number of amides is 2. The van der Waals surface area contributed by atoms with Crippen LogP contribution in [0.5, 0.6) is 11.5 Å². The SMILES string of the molecule is CC.CNC(=O)C(CCC=O)N1CCOc2c(C3CCC(N4CCN(C(=N)/C=C\C(=N)n5ccc6c5C=C(c5ccccc5O)NN6)C(=O)C4)CC3)cccc21. The quantitative estimate of drug-likeness (QED) is 0.0924. The number of aldehydes is 1. The van der Waals surface area contributed by atoms with E-state index in [2.05, 4.69) is 32.0 Å². The molecule has 1 unspecified atom stereocenters. The molecular weight excluding hydrogens is 711 g/mol. The number of hydrogen-bond donors (Lipinski definition) is 6. The molecule has 4 aliphatic rings. The summed E-state index contributed by atoms with van der Waals surface area (Å²) in [4.78, 5) is 43.1. The van der Waals surface area contributed by atoms with E-state index in [1.807, 2.05) is 44.2 Å². The number of phenolic OH excluding ortho intramolecular Hbond substituents is 1. The number of ether oxygens (including phenoxy) is 1. The number of amidine groups is 1. The molecule has 2 aromatic carbocycles. The van der Waals surface area contributed by atoms with Gasteiger partial charge in [0.2, 0.25) is 11.8 Å². The van der Waals surface area contributed by atoms with Crippen LogP contribution in [0, 0.1) is 10.8 Å². The van der Waals surface area contributed by atoms with Crippen LogP contribution in [0.15, 0.2) is 66.9 Å². The predicted molar refractivity (Wildman–Crippen MR) is 219 cm³/mol. The third-order valence-electron chi connectivity index (χ3n) is 11.0. The van der Waals surface area contributed by atoms with Crippen molar-refractivity contribution in [3.8, 4) is 11.5 Å². The smallest absolute Gasteiger partial charge is 0.242 e. The van der Waals surface area contributed by atoms with Gasteiger partial charge in [-0.25, -0.2) is 0 Å². The van der Waals surface area contributed by atoms with Crippen molar-refractivity contribution in [3.63, 3.8) is 0 Å². The lowest BCUT2D eigenvalue weighted by molar-refractivity contribution is -0.132. The highest BCUT2D eigenvalue weighted by Gasteiger charge is 2.36. The molecule has 1 saturated carbocycles. The zero-order chi connectivity index (χ0) is 39.8. The Balaban J connectivity index is 0.00000262. The molecule has 0 radical (unpaired) electrons. The number of rotatable bonds is 10. The monoisotopic (exact) mass is 763 g/mol. The number of aromatic hydroxyl groups is 1. The number of anilines is 2. The van der Waals surface area contributed by atoms with Crippen LogP contribution in [-0.2, 0) is 14.4 Å². The Morgan fingerprint density at radius 2 is 1.77 bits per heavy atom. The van der Waals surface area contributed by atoms with E-state index in [4.69, 9.17) is 15.6 Å². The van der Waals surface area contributed by atoms with Crippen molar-refractivity contribution in [2.75, 3.05) is 50.2 Å². The maximum absolute atomic E-state index is 13.4. The molecule has 7 rings (SSSR count). The zero-order valence-corrected chi connectivity index (χ0v) is 32.4. The first-order chi connectivity index (χ1) is 27.3. The Kier molecular flexibility index (Phi) is 12.9. The maximum atomic E-state index is 13.4. The Labute approximate surface area is 328 Å². The normalized spacial score (nSPS) is 19.8. The van der Waals surface area contributed by atoms with Gasteiger partial charge in [0.25, 0.3) is 0 Å². The van der Waals surface area contributed by atoms with Crippen LogP contribution in [0.3, 0.4) is 0 Å². The first kappa shape index (κ1) is 39.8. The highest BCUT2D eigenvalue weighted by atomic mass is 16.5. The molecule has 1 aliphatic carbocycles. The van der Waals surface area contributed by atoms with Crippen molar-refractivity contribution in [2.24, 2.45) is 0 Å².